The fourth-order valence-corrected chi connectivity index (χ4v) is 2.89. The molecule has 0 bridgehead atoms. The Balaban J connectivity index is 2.04. The number of aliphatic carboxylic acids is 1. The van der Waals surface area contributed by atoms with Crippen molar-refractivity contribution in [2.75, 3.05) is 19.7 Å². The Labute approximate surface area is 150 Å². The number of carboxylic acid groups (broad SMARTS) is 1. The van der Waals surface area contributed by atoms with E-state index in [0.29, 0.717) is 18.2 Å². The fourth-order valence-electron chi connectivity index (χ4n) is 2.76. The van der Waals surface area contributed by atoms with Crippen LogP contribution in [0.15, 0.2) is 24.3 Å². The van der Waals surface area contributed by atoms with Crippen molar-refractivity contribution in [1.29, 1.82) is 0 Å². The molecule has 0 radical (unpaired) electrons. The second kappa shape index (κ2) is 8.82. The molecule has 136 valence electrons. The molecule has 2 amide bonds. The minimum Gasteiger partial charge on any atom is -0.481 e. The third kappa shape index (κ3) is 6.03. The Morgan fingerprint density at radius 2 is 2.04 bits per heavy atom. The summed E-state index contributed by atoms with van der Waals surface area (Å²) < 4.78 is 5.38. The van der Waals surface area contributed by atoms with E-state index < -0.39 is 18.1 Å². The van der Waals surface area contributed by atoms with E-state index in [9.17, 15) is 14.4 Å². The first-order valence-electron chi connectivity index (χ1n) is 7.99. The van der Waals surface area contributed by atoms with Crippen LogP contribution in [-0.4, -0.2) is 53.6 Å². The van der Waals surface area contributed by atoms with Crippen molar-refractivity contribution in [3.63, 3.8) is 0 Å². The molecule has 2 unspecified atom stereocenters. The van der Waals surface area contributed by atoms with Gasteiger partial charge in [0.05, 0.1) is 31.6 Å². The quantitative estimate of drug-likeness (QED) is 0.795. The largest absolute Gasteiger partial charge is 0.481 e. The normalized spacial score (nSPS) is 18.5. The predicted molar refractivity (Wildman–Crippen MR) is 91.2 cm³/mol. The molecule has 1 saturated heterocycles. The monoisotopic (exact) mass is 368 g/mol. The maximum Gasteiger partial charge on any atom is 0.306 e. The molecule has 1 aliphatic heterocycles. The Hall–Kier alpha value is -2.12. The molecule has 25 heavy (non-hydrogen) atoms. The summed E-state index contributed by atoms with van der Waals surface area (Å²) in [6.07, 6.45) is -0.568. The third-order valence-electron chi connectivity index (χ3n) is 3.92. The molecule has 0 spiro atoms. The van der Waals surface area contributed by atoms with Crippen LogP contribution in [0.25, 0.3) is 0 Å². The zero-order chi connectivity index (χ0) is 18.4. The maximum atomic E-state index is 12.6. The third-order valence-corrected chi connectivity index (χ3v) is 4.17. The van der Waals surface area contributed by atoms with Gasteiger partial charge in [-0.05, 0) is 17.7 Å². The van der Waals surface area contributed by atoms with Gasteiger partial charge in [0.15, 0.2) is 0 Å². The summed E-state index contributed by atoms with van der Waals surface area (Å²) in [7, 11) is 0. The summed E-state index contributed by atoms with van der Waals surface area (Å²) in [5.74, 6) is -1.36. The first kappa shape index (κ1) is 19.2. The van der Waals surface area contributed by atoms with Crippen molar-refractivity contribution in [2.24, 2.45) is 0 Å². The molecule has 7 nitrogen and oxygen atoms in total. The van der Waals surface area contributed by atoms with Gasteiger partial charge in [-0.25, -0.2) is 0 Å². The van der Waals surface area contributed by atoms with Gasteiger partial charge in [0.1, 0.15) is 0 Å². The lowest BCUT2D eigenvalue weighted by molar-refractivity contribution is -0.148. The van der Waals surface area contributed by atoms with Gasteiger partial charge in [0, 0.05) is 25.0 Å². The van der Waals surface area contributed by atoms with E-state index in [2.05, 4.69) is 5.32 Å². The topological polar surface area (TPSA) is 95.9 Å². The number of hydrogen-bond donors (Lipinski definition) is 2. The molecular weight excluding hydrogens is 348 g/mol. The molecular formula is C17H21ClN2O5. The van der Waals surface area contributed by atoms with Crippen molar-refractivity contribution in [3.05, 3.63) is 34.9 Å². The van der Waals surface area contributed by atoms with Crippen LogP contribution in [0, 0.1) is 0 Å². The summed E-state index contributed by atoms with van der Waals surface area (Å²) in [5.41, 5.74) is 0.781. The van der Waals surface area contributed by atoms with Crippen LogP contribution in [0.4, 0.5) is 0 Å². The number of carboxylic acids is 1. The Kier molecular flexibility index (Phi) is 6.78. The lowest BCUT2D eigenvalue weighted by Gasteiger charge is -2.33. The van der Waals surface area contributed by atoms with Gasteiger partial charge in [-0.3, -0.25) is 14.4 Å². The summed E-state index contributed by atoms with van der Waals surface area (Å²) in [6.45, 7) is 2.33. The van der Waals surface area contributed by atoms with Crippen molar-refractivity contribution in [3.8, 4) is 0 Å². The first-order valence-corrected chi connectivity index (χ1v) is 8.36. The van der Waals surface area contributed by atoms with Crippen LogP contribution >= 0.6 is 11.6 Å². The number of carbonyl (C=O) groups is 3. The van der Waals surface area contributed by atoms with Crippen molar-refractivity contribution in [2.45, 2.75) is 31.9 Å². The highest BCUT2D eigenvalue weighted by Crippen LogP contribution is 2.21. The Bertz CT molecular complexity index is 634. The SMILES string of the molecule is CC(=O)NC(CC(=O)N1CCOC(CC(=O)O)C1)c1ccc(Cl)cc1. The highest BCUT2D eigenvalue weighted by Gasteiger charge is 2.28. The number of nitrogens with zero attached hydrogens (tertiary/aromatic N) is 1. The van der Waals surface area contributed by atoms with Gasteiger partial charge in [-0.2, -0.15) is 0 Å². The minimum absolute atomic E-state index is 0.0843. The average Bonchev–Trinajstić information content (AvgIpc) is 2.54. The number of amides is 2. The lowest BCUT2D eigenvalue weighted by atomic mass is 10.0. The number of benzene rings is 1. The van der Waals surface area contributed by atoms with Crippen LogP contribution in [0.3, 0.4) is 0 Å². The van der Waals surface area contributed by atoms with Gasteiger partial charge in [-0.15, -0.1) is 0 Å². The molecule has 2 atom stereocenters. The average molecular weight is 369 g/mol. The standard InChI is InChI=1S/C17H21ClN2O5/c1-11(21)19-15(12-2-4-13(18)5-3-12)9-16(22)20-6-7-25-14(10-20)8-17(23)24/h2-5,14-15H,6-10H2,1H3,(H,19,21)(H,23,24). The molecule has 2 rings (SSSR count). The van der Waals surface area contributed by atoms with Crippen LogP contribution in [0.1, 0.15) is 31.4 Å². The number of carbonyl (C=O) groups excluding carboxylic acids is 2. The summed E-state index contributed by atoms with van der Waals surface area (Å²) in [6, 6.07) is 6.47. The number of morpholine rings is 1. The number of rotatable bonds is 6. The van der Waals surface area contributed by atoms with Crippen molar-refractivity contribution in [1.82, 2.24) is 10.2 Å². The fraction of sp³-hybridized carbons (Fsp3) is 0.471. The molecule has 1 aromatic carbocycles. The van der Waals surface area contributed by atoms with Crippen LogP contribution in [0.2, 0.25) is 5.02 Å². The highest BCUT2D eigenvalue weighted by molar-refractivity contribution is 6.30. The van der Waals surface area contributed by atoms with Gasteiger partial charge < -0.3 is 20.1 Å². The molecule has 1 aromatic rings. The van der Waals surface area contributed by atoms with Gasteiger partial charge >= 0.3 is 5.97 Å². The van der Waals surface area contributed by atoms with Gasteiger partial charge in [0.25, 0.3) is 0 Å². The molecule has 1 heterocycles. The van der Waals surface area contributed by atoms with Crippen LogP contribution < -0.4 is 5.32 Å². The zero-order valence-electron chi connectivity index (χ0n) is 13.9. The highest BCUT2D eigenvalue weighted by atomic mass is 35.5. The van der Waals surface area contributed by atoms with E-state index in [-0.39, 0.29) is 31.2 Å². The van der Waals surface area contributed by atoms with Crippen LogP contribution in [0.5, 0.6) is 0 Å². The van der Waals surface area contributed by atoms with E-state index in [1.807, 2.05) is 0 Å². The second-order valence-electron chi connectivity index (χ2n) is 5.94. The van der Waals surface area contributed by atoms with Gasteiger partial charge in [-0.1, -0.05) is 23.7 Å². The predicted octanol–water partition coefficient (Wildman–Crippen LogP) is 1.61. The Morgan fingerprint density at radius 3 is 2.64 bits per heavy atom. The zero-order valence-corrected chi connectivity index (χ0v) is 14.7. The smallest absolute Gasteiger partial charge is 0.306 e. The number of nitrogens with one attached hydrogen (secondary N) is 1. The molecule has 0 saturated carbocycles. The van der Waals surface area contributed by atoms with Crippen molar-refractivity contribution >= 4 is 29.4 Å². The first-order chi connectivity index (χ1) is 11.8. The summed E-state index contributed by atoms with van der Waals surface area (Å²) in [4.78, 5) is 36.5. The summed E-state index contributed by atoms with van der Waals surface area (Å²) in [5, 5.41) is 12.2. The van der Waals surface area contributed by atoms with Crippen molar-refractivity contribution < 1.29 is 24.2 Å². The number of ether oxygens (including phenoxy) is 1. The second-order valence-corrected chi connectivity index (χ2v) is 6.38. The summed E-state index contributed by atoms with van der Waals surface area (Å²) >= 11 is 5.88. The molecule has 0 aromatic heterocycles. The minimum atomic E-state index is -0.961. The molecule has 1 fully saturated rings. The maximum absolute atomic E-state index is 12.6. The lowest BCUT2D eigenvalue weighted by Crippen LogP contribution is -2.47. The van der Waals surface area contributed by atoms with Gasteiger partial charge in [0.2, 0.25) is 11.8 Å². The van der Waals surface area contributed by atoms with Crippen LogP contribution in [-0.2, 0) is 19.1 Å². The van der Waals surface area contributed by atoms with E-state index in [1.54, 1.807) is 29.2 Å². The number of hydrogen-bond acceptors (Lipinski definition) is 4. The number of halogens is 1. The Morgan fingerprint density at radius 1 is 1.36 bits per heavy atom. The molecule has 1 aliphatic rings. The molecule has 0 aliphatic carbocycles. The van der Waals surface area contributed by atoms with E-state index >= 15 is 0 Å². The van der Waals surface area contributed by atoms with E-state index in [1.165, 1.54) is 6.92 Å². The van der Waals surface area contributed by atoms with E-state index in [0.717, 1.165) is 5.56 Å². The van der Waals surface area contributed by atoms with E-state index in [4.69, 9.17) is 21.4 Å². The molecule has 2 N–H and O–H groups in total. The molecule has 8 heteroatoms.